The van der Waals surface area contributed by atoms with E-state index < -0.39 is 12.5 Å². The summed E-state index contributed by atoms with van der Waals surface area (Å²) >= 11 is 3.25. The fraction of sp³-hybridized carbons (Fsp3) is 0.455. The lowest BCUT2D eigenvalue weighted by molar-refractivity contribution is -0.130. The number of carbonyl (C=O) groups is 1. The Labute approximate surface area is 106 Å². The van der Waals surface area contributed by atoms with Crippen LogP contribution in [0, 0.1) is 0 Å². The number of pyridine rings is 1. The maximum Gasteiger partial charge on any atom is 0.267 e. The predicted molar refractivity (Wildman–Crippen MR) is 61.8 cm³/mol. The van der Waals surface area contributed by atoms with E-state index >= 15 is 0 Å². The van der Waals surface area contributed by atoms with Crippen LogP contribution in [-0.4, -0.2) is 34.8 Å². The molecule has 2 rings (SSSR count). The average Bonchev–Trinajstić information content (AvgIpc) is 2.59. The zero-order chi connectivity index (χ0) is 12.5. The van der Waals surface area contributed by atoms with Crippen molar-refractivity contribution in [2.24, 2.45) is 0 Å². The van der Waals surface area contributed by atoms with Crippen LogP contribution in [0.4, 0.5) is 8.78 Å². The molecule has 1 aromatic rings. The molecule has 0 spiro atoms. The Morgan fingerprint density at radius 3 is 2.88 bits per heavy atom. The highest BCUT2D eigenvalue weighted by Crippen LogP contribution is 2.27. The molecule has 6 heteroatoms. The predicted octanol–water partition coefficient (Wildman–Crippen LogP) is 2.25. The maximum absolute atomic E-state index is 12.9. The van der Waals surface area contributed by atoms with Gasteiger partial charge in [0, 0.05) is 29.8 Å². The SMILES string of the molecule is O=C(Cc1cncc(Br)c1)N1CCC(F)(F)C1. The first-order valence-electron chi connectivity index (χ1n) is 5.21. The summed E-state index contributed by atoms with van der Waals surface area (Å²) in [6.07, 6.45) is 3.05. The monoisotopic (exact) mass is 304 g/mol. The van der Waals surface area contributed by atoms with E-state index in [1.807, 2.05) is 0 Å². The van der Waals surface area contributed by atoms with Crippen molar-refractivity contribution in [3.8, 4) is 0 Å². The molecule has 0 aliphatic carbocycles. The summed E-state index contributed by atoms with van der Waals surface area (Å²) in [5, 5.41) is 0. The molecule has 17 heavy (non-hydrogen) atoms. The highest BCUT2D eigenvalue weighted by molar-refractivity contribution is 9.10. The van der Waals surface area contributed by atoms with Crippen LogP contribution in [0.1, 0.15) is 12.0 Å². The van der Waals surface area contributed by atoms with Crippen molar-refractivity contribution in [1.82, 2.24) is 9.88 Å². The van der Waals surface area contributed by atoms with E-state index in [0.29, 0.717) is 0 Å². The minimum atomic E-state index is -2.73. The fourth-order valence-corrected chi connectivity index (χ4v) is 2.20. The van der Waals surface area contributed by atoms with Crippen LogP contribution in [0.25, 0.3) is 0 Å². The summed E-state index contributed by atoms with van der Waals surface area (Å²) in [4.78, 5) is 16.9. The maximum atomic E-state index is 12.9. The third-order valence-corrected chi connectivity index (χ3v) is 3.07. The number of rotatable bonds is 2. The Bertz CT molecular complexity index is 439. The Kier molecular flexibility index (Phi) is 3.42. The van der Waals surface area contributed by atoms with Crippen molar-refractivity contribution in [3.05, 3.63) is 28.5 Å². The number of nitrogens with zero attached hydrogens (tertiary/aromatic N) is 2. The smallest absolute Gasteiger partial charge is 0.267 e. The molecule has 0 saturated carbocycles. The molecule has 0 radical (unpaired) electrons. The van der Waals surface area contributed by atoms with Crippen LogP contribution in [0.5, 0.6) is 0 Å². The second-order valence-electron chi connectivity index (χ2n) is 4.11. The van der Waals surface area contributed by atoms with E-state index in [2.05, 4.69) is 20.9 Å². The quantitative estimate of drug-likeness (QED) is 0.839. The molecule has 1 amide bonds. The van der Waals surface area contributed by atoms with Crippen molar-refractivity contribution in [3.63, 3.8) is 0 Å². The first-order chi connectivity index (χ1) is 7.96. The Hall–Kier alpha value is -1.04. The topological polar surface area (TPSA) is 33.2 Å². The van der Waals surface area contributed by atoms with Gasteiger partial charge in [-0.3, -0.25) is 9.78 Å². The van der Waals surface area contributed by atoms with E-state index in [-0.39, 0.29) is 25.3 Å². The molecule has 1 aromatic heterocycles. The first kappa shape index (κ1) is 12.4. The van der Waals surface area contributed by atoms with Crippen molar-refractivity contribution >= 4 is 21.8 Å². The summed E-state index contributed by atoms with van der Waals surface area (Å²) in [6.45, 7) is -0.333. The summed E-state index contributed by atoms with van der Waals surface area (Å²) < 4.78 is 26.7. The van der Waals surface area contributed by atoms with Crippen LogP contribution >= 0.6 is 15.9 Å². The van der Waals surface area contributed by atoms with Crippen LogP contribution < -0.4 is 0 Å². The highest BCUT2D eigenvalue weighted by Gasteiger charge is 2.39. The van der Waals surface area contributed by atoms with Gasteiger partial charge in [-0.05, 0) is 27.6 Å². The third-order valence-electron chi connectivity index (χ3n) is 2.64. The van der Waals surface area contributed by atoms with Gasteiger partial charge in [0.1, 0.15) is 0 Å². The van der Waals surface area contributed by atoms with E-state index in [4.69, 9.17) is 0 Å². The van der Waals surface area contributed by atoms with Crippen LogP contribution in [-0.2, 0) is 11.2 Å². The number of halogens is 3. The van der Waals surface area contributed by atoms with E-state index in [1.54, 1.807) is 18.5 Å². The van der Waals surface area contributed by atoms with Gasteiger partial charge in [-0.1, -0.05) is 0 Å². The Balaban J connectivity index is 1.98. The van der Waals surface area contributed by atoms with Crippen LogP contribution in [0.15, 0.2) is 22.9 Å². The lowest BCUT2D eigenvalue weighted by Gasteiger charge is -2.15. The molecule has 3 nitrogen and oxygen atoms in total. The molecule has 1 aliphatic rings. The van der Waals surface area contributed by atoms with Crippen molar-refractivity contribution in [1.29, 1.82) is 0 Å². The van der Waals surface area contributed by atoms with Gasteiger partial charge in [0.2, 0.25) is 5.91 Å². The standard InChI is InChI=1S/C11H11BrF2N2O/c12-9-3-8(5-15-6-9)4-10(17)16-2-1-11(13,14)7-16/h3,5-6H,1-2,4,7H2. The zero-order valence-corrected chi connectivity index (χ0v) is 10.6. The third kappa shape index (κ3) is 3.21. The average molecular weight is 305 g/mol. The normalized spacial score (nSPS) is 18.4. The lowest BCUT2D eigenvalue weighted by Crippen LogP contribution is -2.32. The van der Waals surface area contributed by atoms with E-state index in [0.717, 1.165) is 10.0 Å². The second kappa shape index (κ2) is 4.68. The number of hydrogen-bond acceptors (Lipinski definition) is 2. The summed E-state index contributed by atoms with van der Waals surface area (Å²) in [7, 11) is 0. The van der Waals surface area contributed by atoms with Gasteiger partial charge < -0.3 is 4.90 Å². The molecule has 1 aliphatic heterocycles. The van der Waals surface area contributed by atoms with Crippen molar-refractivity contribution in [2.75, 3.05) is 13.1 Å². The van der Waals surface area contributed by atoms with Gasteiger partial charge in [-0.2, -0.15) is 0 Å². The van der Waals surface area contributed by atoms with Crippen LogP contribution in [0.3, 0.4) is 0 Å². The molecule has 92 valence electrons. The molecule has 0 bridgehead atoms. The van der Waals surface area contributed by atoms with E-state index in [9.17, 15) is 13.6 Å². The molecule has 0 unspecified atom stereocenters. The Morgan fingerprint density at radius 2 is 2.29 bits per heavy atom. The number of likely N-dealkylation sites (tertiary alicyclic amines) is 1. The van der Waals surface area contributed by atoms with Crippen LogP contribution in [0.2, 0.25) is 0 Å². The van der Waals surface area contributed by atoms with Gasteiger partial charge in [0.15, 0.2) is 0 Å². The molecule has 0 N–H and O–H groups in total. The van der Waals surface area contributed by atoms with Gasteiger partial charge in [0.05, 0.1) is 13.0 Å². The van der Waals surface area contributed by atoms with Gasteiger partial charge >= 0.3 is 0 Å². The highest BCUT2D eigenvalue weighted by atomic mass is 79.9. The molecule has 0 atom stereocenters. The summed E-state index contributed by atoms with van der Waals surface area (Å²) in [6, 6.07) is 1.76. The summed E-state index contributed by atoms with van der Waals surface area (Å²) in [5.74, 6) is -3.01. The summed E-state index contributed by atoms with van der Waals surface area (Å²) in [5.41, 5.74) is 0.722. The lowest BCUT2D eigenvalue weighted by atomic mass is 10.2. The Morgan fingerprint density at radius 1 is 1.53 bits per heavy atom. The van der Waals surface area contributed by atoms with Gasteiger partial charge in [0.25, 0.3) is 5.92 Å². The minimum Gasteiger partial charge on any atom is -0.336 e. The van der Waals surface area contributed by atoms with Crippen molar-refractivity contribution < 1.29 is 13.6 Å². The second-order valence-corrected chi connectivity index (χ2v) is 5.03. The largest absolute Gasteiger partial charge is 0.336 e. The van der Waals surface area contributed by atoms with Gasteiger partial charge in [-0.25, -0.2) is 8.78 Å². The molecular formula is C11H11BrF2N2O. The minimum absolute atomic E-state index is 0.114. The molecule has 2 heterocycles. The van der Waals surface area contributed by atoms with E-state index in [1.165, 1.54) is 4.90 Å². The van der Waals surface area contributed by atoms with Crippen molar-refractivity contribution in [2.45, 2.75) is 18.8 Å². The molecule has 1 fully saturated rings. The number of hydrogen-bond donors (Lipinski definition) is 0. The molecule has 0 aromatic carbocycles. The number of aromatic nitrogens is 1. The molecule has 1 saturated heterocycles. The first-order valence-corrected chi connectivity index (χ1v) is 6.01. The number of carbonyl (C=O) groups excluding carboxylic acids is 1. The number of amides is 1. The zero-order valence-electron chi connectivity index (χ0n) is 9.00. The van der Waals surface area contributed by atoms with Gasteiger partial charge in [-0.15, -0.1) is 0 Å². The molecular weight excluding hydrogens is 294 g/mol. The number of alkyl halides is 2. The fourth-order valence-electron chi connectivity index (χ4n) is 1.79.